The number of likely N-dealkylation sites (N-methyl/N-ethyl adjacent to an activating group) is 1. The lowest BCUT2D eigenvalue weighted by atomic mass is 10.0. The Morgan fingerprint density at radius 3 is 2.64 bits per heavy atom. The second-order valence-corrected chi connectivity index (χ2v) is 11.0. The molecule has 0 spiro atoms. The number of carbonyl (C=O) groups is 2. The predicted molar refractivity (Wildman–Crippen MR) is 146 cm³/mol. The smallest absolute Gasteiger partial charge is 0.268 e. The predicted octanol–water partition coefficient (Wildman–Crippen LogP) is 4.64. The number of benzene rings is 2. The van der Waals surface area contributed by atoms with Crippen molar-refractivity contribution in [1.29, 1.82) is 0 Å². The lowest BCUT2D eigenvalue weighted by Crippen LogP contribution is -2.46. The summed E-state index contributed by atoms with van der Waals surface area (Å²) >= 11 is 7.80. The zero-order chi connectivity index (χ0) is 25.2. The molecule has 2 aliphatic rings. The fourth-order valence-corrected chi connectivity index (χ4v) is 6.22. The molecule has 5 rings (SSSR count). The molecule has 1 amide bonds. The summed E-state index contributed by atoms with van der Waals surface area (Å²) in [6.45, 7) is 4.89. The molecule has 188 valence electrons. The maximum absolute atomic E-state index is 13.3. The molecule has 6 nitrogen and oxygen atoms in total. The van der Waals surface area contributed by atoms with Crippen molar-refractivity contribution in [3.63, 3.8) is 0 Å². The Labute approximate surface area is 221 Å². The number of piperazine rings is 1. The van der Waals surface area contributed by atoms with Gasteiger partial charge in [0.1, 0.15) is 5.75 Å². The third-order valence-corrected chi connectivity index (χ3v) is 8.37. The lowest BCUT2D eigenvalue weighted by molar-refractivity contribution is -0.119. The van der Waals surface area contributed by atoms with Crippen LogP contribution in [-0.4, -0.2) is 74.9 Å². The molecule has 0 saturated carbocycles. The topological polar surface area (TPSA) is 53.1 Å². The van der Waals surface area contributed by atoms with E-state index in [1.54, 1.807) is 18.0 Å². The number of amides is 1. The first kappa shape index (κ1) is 25.0. The first-order valence-corrected chi connectivity index (χ1v) is 13.4. The highest BCUT2D eigenvalue weighted by molar-refractivity contribution is 7.17. The van der Waals surface area contributed by atoms with Crippen molar-refractivity contribution in [2.75, 3.05) is 58.3 Å². The van der Waals surface area contributed by atoms with E-state index in [1.807, 2.05) is 42.5 Å². The minimum atomic E-state index is -0.0882. The Morgan fingerprint density at radius 1 is 1.08 bits per heavy atom. The number of Topliss-reactive ketones (excluding diaryl/α,β-unsaturated/α-hetero) is 1. The summed E-state index contributed by atoms with van der Waals surface area (Å²) in [4.78, 5) is 33.8. The van der Waals surface area contributed by atoms with Gasteiger partial charge in [-0.2, -0.15) is 0 Å². The normalized spacial score (nSPS) is 16.0. The van der Waals surface area contributed by atoms with Gasteiger partial charge in [-0.1, -0.05) is 29.8 Å². The van der Waals surface area contributed by atoms with Gasteiger partial charge in [0.05, 0.1) is 28.7 Å². The van der Waals surface area contributed by atoms with Gasteiger partial charge >= 0.3 is 0 Å². The van der Waals surface area contributed by atoms with E-state index in [-0.39, 0.29) is 11.7 Å². The van der Waals surface area contributed by atoms with E-state index >= 15 is 0 Å². The van der Waals surface area contributed by atoms with E-state index < -0.39 is 0 Å². The van der Waals surface area contributed by atoms with E-state index in [1.165, 1.54) is 11.3 Å². The third kappa shape index (κ3) is 5.34. The number of thiophene rings is 1. The molecule has 0 atom stereocenters. The van der Waals surface area contributed by atoms with Crippen molar-refractivity contribution in [3.8, 4) is 16.2 Å². The molecule has 0 radical (unpaired) electrons. The molecule has 36 heavy (non-hydrogen) atoms. The summed E-state index contributed by atoms with van der Waals surface area (Å²) in [6.07, 6.45) is 1.12. The summed E-state index contributed by atoms with van der Waals surface area (Å²) in [5.74, 6) is 0.911. The number of para-hydroxylation sites is 1. The molecule has 3 heterocycles. The summed E-state index contributed by atoms with van der Waals surface area (Å²) < 4.78 is 6.07. The molecule has 0 bridgehead atoms. The molecule has 2 aromatic carbocycles. The van der Waals surface area contributed by atoms with Gasteiger partial charge in [0.2, 0.25) is 0 Å². The Hall–Kier alpha value is -2.71. The number of fused-ring (bicyclic) bond motifs is 3. The van der Waals surface area contributed by atoms with Crippen LogP contribution < -0.4 is 9.64 Å². The SMILES string of the molecule is CN1CCN(CC(=O)Cc2ccc3c(c2)OCCc2cc(C(=O)N(C)c4ccccc4Cl)sc2-3)CC1. The number of ether oxygens (including phenoxy) is 1. The van der Waals surface area contributed by atoms with Gasteiger partial charge in [-0.15, -0.1) is 11.3 Å². The fraction of sp³-hybridized carbons (Fsp3) is 0.357. The van der Waals surface area contributed by atoms with Crippen LogP contribution >= 0.6 is 22.9 Å². The first-order chi connectivity index (χ1) is 17.4. The Bertz CT molecular complexity index is 1280. The minimum Gasteiger partial charge on any atom is -0.493 e. The molecule has 0 unspecified atom stereocenters. The maximum Gasteiger partial charge on any atom is 0.268 e. The minimum absolute atomic E-state index is 0.0882. The molecule has 1 fully saturated rings. The number of anilines is 1. The first-order valence-electron chi connectivity index (χ1n) is 12.2. The van der Waals surface area contributed by atoms with Crippen molar-refractivity contribution in [3.05, 3.63) is 69.6 Å². The van der Waals surface area contributed by atoms with Crippen molar-refractivity contribution in [1.82, 2.24) is 9.80 Å². The van der Waals surface area contributed by atoms with Crippen molar-refractivity contribution < 1.29 is 14.3 Å². The number of rotatable bonds is 6. The third-order valence-electron chi connectivity index (χ3n) is 6.85. The Kier molecular flexibility index (Phi) is 7.44. The van der Waals surface area contributed by atoms with E-state index in [0.717, 1.165) is 59.9 Å². The van der Waals surface area contributed by atoms with Crippen LogP contribution in [0.4, 0.5) is 5.69 Å². The highest BCUT2D eigenvalue weighted by atomic mass is 35.5. The van der Waals surface area contributed by atoms with Crippen LogP contribution in [0.25, 0.3) is 10.4 Å². The van der Waals surface area contributed by atoms with Gasteiger partial charge in [0, 0.05) is 56.5 Å². The van der Waals surface area contributed by atoms with Crippen LogP contribution in [0, 0.1) is 0 Å². The van der Waals surface area contributed by atoms with E-state index in [9.17, 15) is 9.59 Å². The lowest BCUT2D eigenvalue weighted by Gasteiger charge is -2.31. The summed E-state index contributed by atoms with van der Waals surface area (Å²) in [5.41, 5.74) is 3.72. The molecule has 1 aromatic heterocycles. The molecule has 2 aliphatic heterocycles. The quantitative estimate of drug-likeness (QED) is 0.471. The van der Waals surface area contributed by atoms with Gasteiger partial charge in [-0.05, 0) is 48.5 Å². The summed E-state index contributed by atoms with van der Waals surface area (Å²) in [5, 5.41) is 0.542. The van der Waals surface area contributed by atoms with E-state index in [2.05, 4.69) is 16.8 Å². The number of hydrogen-bond donors (Lipinski definition) is 0. The molecule has 3 aromatic rings. The van der Waals surface area contributed by atoms with Crippen LogP contribution in [0.15, 0.2) is 48.5 Å². The number of hydrogen-bond acceptors (Lipinski definition) is 6. The van der Waals surface area contributed by atoms with Crippen LogP contribution in [0.3, 0.4) is 0 Å². The summed E-state index contributed by atoms with van der Waals surface area (Å²) in [7, 11) is 3.86. The average molecular weight is 524 g/mol. The van der Waals surface area contributed by atoms with Crippen LogP contribution in [0.2, 0.25) is 5.02 Å². The van der Waals surface area contributed by atoms with Gasteiger partial charge in [-0.25, -0.2) is 0 Å². The van der Waals surface area contributed by atoms with Crippen LogP contribution in [-0.2, 0) is 17.6 Å². The molecular weight excluding hydrogens is 494 g/mol. The maximum atomic E-state index is 13.3. The molecule has 0 aliphatic carbocycles. The van der Waals surface area contributed by atoms with E-state index in [4.69, 9.17) is 16.3 Å². The Morgan fingerprint density at radius 2 is 1.86 bits per heavy atom. The number of ketones is 1. The van der Waals surface area contributed by atoms with Crippen molar-refractivity contribution in [2.24, 2.45) is 0 Å². The highest BCUT2D eigenvalue weighted by Crippen LogP contribution is 2.42. The van der Waals surface area contributed by atoms with Crippen molar-refractivity contribution >= 4 is 40.3 Å². The van der Waals surface area contributed by atoms with Gasteiger partial charge in [0.15, 0.2) is 5.78 Å². The largest absolute Gasteiger partial charge is 0.493 e. The second-order valence-electron chi connectivity index (χ2n) is 9.50. The molecule has 8 heteroatoms. The number of halogens is 1. The second kappa shape index (κ2) is 10.7. The number of carbonyl (C=O) groups excluding carboxylic acids is 2. The zero-order valence-electron chi connectivity index (χ0n) is 20.6. The standard InChI is InChI=1S/C28H30ClN3O3S/c1-30-10-12-32(13-11-30)18-21(33)15-19-7-8-22-25(16-19)35-14-9-20-17-26(36-27(20)22)28(34)31(2)24-6-4-3-5-23(24)29/h3-8,16-17H,9-15,18H2,1-2H3. The molecule has 1 saturated heterocycles. The number of nitrogens with zero attached hydrogens (tertiary/aromatic N) is 3. The van der Waals surface area contributed by atoms with Crippen molar-refractivity contribution in [2.45, 2.75) is 12.8 Å². The molecule has 0 N–H and O–H groups in total. The van der Waals surface area contributed by atoms with Gasteiger partial charge < -0.3 is 14.5 Å². The van der Waals surface area contributed by atoms with Crippen LogP contribution in [0.5, 0.6) is 5.75 Å². The van der Waals surface area contributed by atoms with E-state index in [0.29, 0.717) is 35.2 Å². The zero-order valence-corrected chi connectivity index (χ0v) is 22.2. The van der Waals surface area contributed by atoms with Crippen LogP contribution in [0.1, 0.15) is 20.8 Å². The molecular formula is C28H30ClN3O3S. The van der Waals surface area contributed by atoms with Gasteiger partial charge in [-0.3, -0.25) is 14.5 Å². The fourth-order valence-electron chi connectivity index (χ4n) is 4.74. The highest BCUT2D eigenvalue weighted by Gasteiger charge is 2.24. The Balaban J connectivity index is 1.33. The summed E-state index contributed by atoms with van der Waals surface area (Å²) in [6, 6.07) is 15.3. The monoisotopic (exact) mass is 523 g/mol. The average Bonchev–Trinajstić information content (AvgIpc) is 3.21. The van der Waals surface area contributed by atoms with Gasteiger partial charge in [0.25, 0.3) is 5.91 Å².